The van der Waals surface area contributed by atoms with Crippen LogP contribution in [0.4, 0.5) is 11.4 Å². The van der Waals surface area contributed by atoms with Crippen LogP contribution in [0.2, 0.25) is 0 Å². The largest absolute Gasteiger partial charge is 0.397 e. The van der Waals surface area contributed by atoms with Crippen molar-refractivity contribution in [1.82, 2.24) is 20.2 Å². The molecule has 1 aromatic heterocycles. The number of nitrogen functional groups attached to an aromatic ring is 2. The molecule has 0 atom stereocenters. The minimum atomic E-state index is 0.434. The standard InChI is InChI=1S/C12H16N6S/c13-10-6-5-9(7-11(10)14)19-12-15-16-17-18(12)8-3-1-2-4-8/h5-8H,1-4,13-14H2. The third kappa shape index (κ3) is 2.51. The number of nitrogens with zero attached hydrogens (tertiary/aromatic N) is 4. The van der Waals surface area contributed by atoms with Crippen LogP contribution in [-0.2, 0) is 0 Å². The molecule has 0 aliphatic heterocycles. The van der Waals surface area contributed by atoms with Crippen molar-refractivity contribution < 1.29 is 0 Å². The van der Waals surface area contributed by atoms with Gasteiger partial charge in [-0.3, -0.25) is 0 Å². The Bertz CT molecular complexity index is 575. The minimum Gasteiger partial charge on any atom is -0.397 e. The molecule has 1 heterocycles. The molecule has 0 spiro atoms. The molecule has 19 heavy (non-hydrogen) atoms. The van der Waals surface area contributed by atoms with E-state index in [9.17, 15) is 0 Å². The van der Waals surface area contributed by atoms with Gasteiger partial charge >= 0.3 is 0 Å². The van der Waals surface area contributed by atoms with Gasteiger partial charge < -0.3 is 11.5 Å². The lowest BCUT2D eigenvalue weighted by molar-refractivity contribution is 0.423. The van der Waals surface area contributed by atoms with E-state index in [4.69, 9.17) is 11.5 Å². The average Bonchev–Trinajstić information content (AvgIpc) is 3.04. The first kappa shape index (κ1) is 12.3. The molecule has 2 aromatic rings. The monoisotopic (exact) mass is 276 g/mol. The summed E-state index contributed by atoms with van der Waals surface area (Å²) in [6.45, 7) is 0. The Labute approximate surface area is 115 Å². The molecule has 1 fully saturated rings. The number of rotatable bonds is 3. The summed E-state index contributed by atoms with van der Waals surface area (Å²) in [6.07, 6.45) is 4.82. The molecule has 1 aromatic carbocycles. The molecule has 100 valence electrons. The highest BCUT2D eigenvalue weighted by atomic mass is 32.2. The van der Waals surface area contributed by atoms with Gasteiger partial charge in [-0.15, -0.1) is 5.10 Å². The highest BCUT2D eigenvalue weighted by Gasteiger charge is 2.21. The quantitative estimate of drug-likeness (QED) is 0.833. The van der Waals surface area contributed by atoms with E-state index in [1.54, 1.807) is 6.07 Å². The number of benzene rings is 1. The predicted octanol–water partition coefficient (Wildman–Crippen LogP) is 2.10. The summed E-state index contributed by atoms with van der Waals surface area (Å²) in [5, 5.41) is 12.8. The van der Waals surface area contributed by atoms with Gasteiger partial charge in [-0.1, -0.05) is 12.8 Å². The SMILES string of the molecule is Nc1ccc(Sc2nnnn2C2CCCC2)cc1N. The Morgan fingerprint density at radius 2 is 1.95 bits per heavy atom. The lowest BCUT2D eigenvalue weighted by atomic mass is 10.3. The molecule has 0 saturated heterocycles. The highest BCUT2D eigenvalue weighted by molar-refractivity contribution is 7.99. The van der Waals surface area contributed by atoms with Crippen LogP contribution >= 0.6 is 11.8 Å². The summed E-state index contributed by atoms with van der Waals surface area (Å²) in [7, 11) is 0. The van der Waals surface area contributed by atoms with E-state index in [0.29, 0.717) is 17.4 Å². The Morgan fingerprint density at radius 3 is 2.68 bits per heavy atom. The van der Waals surface area contributed by atoms with E-state index in [-0.39, 0.29) is 0 Å². The second-order valence-corrected chi connectivity index (χ2v) is 5.78. The number of hydrogen-bond acceptors (Lipinski definition) is 6. The zero-order valence-corrected chi connectivity index (χ0v) is 11.3. The lowest BCUT2D eigenvalue weighted by Crippen LogP contribution is -2.08. The number of hydrogen-bond donors (Lipinski definition) is 2. The maximum Gasteiger partial charge on any atom is 0.214 e. The Hall–Kier alpha value is -1.76. The van der Waals surface area contributed by atoms with Crippen molar-refractivity contribution in [2.45, 2.75) is 41.8 Å². The molecule has 0 radical (unpaired) electrons. The Kier molecular flexibility index (Phi) is 3.29. The highest BCUT2D eigenvalue weighted by Crippen LogP contribution is 2.34. The molecule has 0 amide bonds. The van der Waals surface area contributed by atoms with Crippen molar-refractivity contribution in [2.24, 2.45) is 0 Å². The van der Waals surface area contributed by atoms with E-state index < -0.39 is 0 Å². The fourth-order valence-corrected chi connectivity index (χ4v) is 3.24. The molecule has 3 rings (SSSR count). The molecule has 1 saturated carbocycles. The summed E-state index contributed by atoms with van der Waals surface area (Å²) in [5.41, 5.74) is 12.7. The number of nitrogens with two attached hydrogens (primary N) is 2. The average molecular weight is 276 g/mol. The van der Waals surface area contributed by atoms with Crippen molar-refractivity contribution in [2.75, 3.05) is 11.5 Å². The van der Waals surface area contributed by atoms with Crippen molar-refractivity contribution in [1.29, 1.82) is 0 Å². The van der Waals surface area contributed by atoms with Crippen molar-refractivity contribution in [3.05, 3.63) is 18.2 Å². The molecule has 4 N–H and O–H groups in total. The maximum atomic E-state index is 5.81. The third-order valence-electron chi connectivity index (χ3n) is 3.40. The summed E-state index contributed by atoms with van der Waals surface area (Å²) < 4.78 is 1.93. The zero-order chi connectivity index (χ0) is 13.2. The summed E-state index contributed by atoms with van der Waals surface area (Å²) >= 11 is 1.52. The van der Waals surface area contributed by atoms with E-state index in [1.165, 1.54) is 24.6 Å². The fraction of sp³-hybridized carbons (Fsp3) is 0.417. The number of aromatic nitrogens is 4. The van der Waals surface area contributed by atoms with Crippen LogP contribution in [0.5, 0.6) is 0 Å². The van der Waals surface area contributed by atoms with E-state index in [2.05, 4.69) is 15.5 Å². The van der Waals surface area contributed by atoms with Crippen LogP contribution < -0.4 is 11.5 Å². The predicted molar refractivity (Wildman–Crippen MR) is 74.7 cm³/mol. The maximum absolute atomic E-state index is 5.81. The van der Waals surface area contributed by atoms with Crippen LogP contribution in [0.3, 0.4) is 0 Å². The van der Waals surface area contributed by atoms with Gasteiger partial charge in [0.1, 0.15) is 0 Å². The van der Waals surface area contributed by atoms with Gasteiger partial charge in [-0.2, -0.15) is 0 Å². The second-order valence-electron chi connectivity index (χ2n) is 4.74. The summed E-state index contributed by atoms with van der Waals surface area (Å²) in [6, 6.07) is 6.03. The first-order valence-corrected chi connectivity index (χ1v) is 7.16. The Balaban J connectivity index is 1.83. The molecule has 0 bridgehead atoms. The van der Waals surface area contributed by atoms with Gasteiger partial charge in [0.05, 0.1) is 17.4 Å². The summed E-state index contributed by atoms with van der Waals surface area (Å²) in [4.78, 5) is 1.00. The van der Waals surface area contributed by atoms with Gasteiger partial charge in [-0.25, -0.2) is 4.68 Å². The van der Waals surface area contributed by atoms with Crippen LogP contribution in [0, 0.1) is 0 Å². The zero-order valence-electron chi connectivity index (χ0n) is 10.5. The van der Waals surface area contributed by atoms with Crippen LogP contribution in [0.1, 0.15) is 31.7 Å². The van der Waals surface area contributed by atoms with Crippen LogP contribution in [0.15, 0.2) is 28.3 Å². The first-order chi connectivity index (χ1) is 9.24. The molecule has 0 unspecified atom stereocenters. The van der Waals surface area contributed by atoms with Gasteiger partial charge in [0, 0.05) is 4.90 Å². The van der Waals surface area contributed by atoms with E-state index in [0.717, 1.165) is 22.9 Å². The van der Waals surface area contributed by atoms with Gasteiger partial charge in [0.15, 0.2) is 0 Å². The first-order valence-electron chi connectivity index (χ1n) is 6.35. The Morgan fingerprint density at radius 1 is 1.16 bits per heavy atom. The topological polar surface area (TPSA) is 95.6 Å². The van der Waals surface area contributed by atoms with Gasteiger partial charge in [0.2, 0.25) is 5.16 Å². The normalized spacial score (nSPS) is 16.0. The van der Waals surface area contributed by atoms with Crippen LogP contribution in [0.25, 0.3) is 0 Å². The van der Waals surface area contributed by atoms with Crippen molar-refractivity contribution in [3.8, 4) is 0 Å². The number of anilines is 2. The number of tetrazole rings is 1. The summed E-state index contributed by atoms with van der Waals surface area (Å²) in [5.74, 6) is 0. The van der Waals surface area contributed by atoms with Gasteiger partial charge in [0.25, 0.3) is 0 Å². The molecule has 1 aliphatic carbocycles. The molecule has 1 aliphatic rings. The van der Waals surface area contributed by atoms with Crippen molar-refractivity contribution in [3.63, 3.8) is 0 Å². The van der Waals surface area contributed by atoms with E-state index >= 15 is 0 Å². The minimum absolute atomic E-state index is 0.434. The molecule has 7 heteroatoms. The molecule has 6 nitrogen and oxygen atoms in total. The van der Waals surface area contributed by atoms with Crippen LogP contribution in [-0.4, -0.2) is 20.2 Å². The molecular formula is C12H16N6S. The molecular weight excluding hydrogens is 260 g/mol. The third-order valence-corrected chi connectivity index (χ3v) is 4.34. The lowest BCUT2D eigenvalue weighted by Gasteiger charge is -2.11. The smallest absolute Gasteiger partial charge is 0.214 e. The van der Waals surface area contributed by atoms with Gasteiger partial charge in [-0.05, 0) is 53.2 Å². The second kappa shape index (κ2) is 5.08. The fourth-order valence-electron chi connectivity index (χ4n) is 2.35. The van der Waals surface area contributed by atoms with E-state index in [1.807, 2.05) is 16.8 Å². The van der Waals surface area contributed by atoms with Crippen molar-refractivity contribution >= 4 is 23.1 Å².